The van der Waals surface area contributed by atoms with Crippen molar-refractivity contribution in [2.45, 2.75) is 32.9 Å². The van der Waals surface area contributed by atoms with E-state index in [0.717, 1.165) is 21.3 Å². The summed E-state index contributed by atoms with van der Waals surface area (Å²) < 4.78 is 2.86. The normalized spacial score (nSPS) is 13.0. The Kier molecular flexibility index (Phi) is 4.33. The number of halogens is 2. The maximum Gasteiger partial charge on any atom is 0.0742 e. The predicted octanol–water partition coefficient (Wildman–Crippen LogP) is 4.24. The first-order valence-corrected chi connectivity index (χ1v) is 7.33. The second-order valence-corrected chi connectivity index (χ2v) is 6.25. The van der Waals surface area contributed by atoms with E-state index in [1.165, 1.54) is 0 Å². The second kappa shape index (κ2) is 5.65. The van der Waals surface area contributed by atoms with E-state index in [0.29, 0.717) is 5.02 Å². The molecule has 0 amide bonds. The molecule has 0 saturated carbocycles. The Balaban J connectivity index is 2.49. The van der Waals surface area contributed by atoms with Crippen molar-refractivity contribution in [2.75, 3.05) is 0 Å². The van der Waals surface area contributed by atoms with E-state index in [-0.39, 0.29) is 12.1 Å². The topological polar surface area (TPSA) is 43.8 Å². The van der Waals surface area contributed by atoms with Gasteiger partial charge in [-0.3, -0.25) is 4.68 Å². The summed E-state index contributed by atoms with van der Waals surface area (Å²) in [6.45, 7) is 6.18. The first kappa shape index (κ1) is 14.6. The van der Waals surface area contributed by atoms with Gasteiger partial charge in [0.1, 0.15) is 0 Å². The van der Waals surface area contributed by atoms with Crippen LogP contribution in [0.15, 0.2) is 28.9 Å². The Morgan fingerprint density at radius 2 is 2.00 bits per heavy atom. The number of nitrogens with two attached hydrogens (primary N) is 1. The first-order valence-electron chi connectivity index (χ1n) is 6.15. The Hall–Kier alpha value is -0.840. The van der Waals surface area contributed by atoms with E-state index in [4.69, 9.17) is 17.3 Å². The van der Waals surface area contributed by atoms with E-state index in [2.05, 4.69) is 40.9 Å². The fourth-order valence-corrected chi connectivity index (χ4v) is 2.97. The SMILES string of the molecule is Cc1cc(Cl)cc(C(N)c2c(Br)cnn2C(C)C)c1. The van der Waals surface area contributed by atoms with Crippen LogP contribution < -0.4 is 5.73 Å². The summed E-state index contributed by atoms with van der Waals surface area (Å²) in [5, 5.41) is 5.07. The number of hydrogen-bond donors (Lipinski definition) is 1. The zero-order valence-corrected chi connectivity index (χ0v) is 13.5. The fourth-order valence-electron chi connectivity index (χ4n) is 2.16. The molecule has 102 valence electrons. The lowest BCUT2D eigenvalue weighted by atomic mass is 10.0. The Labute approximate surface area is 126 Å². The fraction of sp³-hybridized carbons (Fsp3) is 0.357. The van der Waals surface area contributed by atoms with Crippen molar-refractivity contribution < 1.29 is 0 Å². The summed E-state index contributed by atoms with van der Waals surface area (Å²) in [7, 11) is 0. The maximum atomic E-state index is 6.39. The second-order valence-electron chi connectivity index (χ2n) is 4.96. The van der Waals surface area contributed by atoms with Crippen molar-refractivity contribution in [1.29, 1.82) is 0 Å². The highest BCUT2D eigenvalue weighted by atomic mass is 79.9. The Morgan fingerprint density at radius 3 is 2.58 bits per heavy atom. The average molecular weight is 343 g/mol. The van der Waals surface area contributed by atoms with Gasteiger partial charge in [-0.2, -0.15) is 5.10 Å². The minimum absolute atomic E-state index is 0.253. The summed E-state index contributed by atoms with van der Waals surface area (Å²) >= 11 is 9.63. The largest absolute Gasteiger partial charge is 0.319 e. The van der Waals surface area contributed by atoms with E-state index >= 15 is 0 Å². The van der Waals surface area contributed by atoms with Crippen molar-refractivity contribution in [3.8, 4) is 0 Å². The molecule has 1 aromatic heterocycles. The molecule has 5 heteroatoms. The summed E-state index contributed by atoms with van der Waals surface area (Å²) in [5.74, 6) is 0. The van der Waals surface area contributed by atoms with Crippen molar-refractivity contribution in [3.63, 3.8) is 0 Å². The van der Waals surface area contributed by atoms with Crippen LogP contribution in [0, 0.1) is 6.92 Å². The van der Waals surface area contributed by atoms with Crippen LogP contribution in [0.5, 0.6) is 0 Å². The molecule has 3 nitrogen and oxygen atoms in total. The van der Waals surface area contributed by atoms with E-state index in [1.807, 2.05) is 23.7 Å². The standard InChI is InChI=1S/C14H17BrClN3/c1-8(2)19-14(12(15)7-18-19)13(17)10-4-9(3)5-11(16)6-10/h4-8,13H,17H2,1-3H3. The van der Waals surface area contributed by atoms with Crippen LogP contribution in [0.1, 0.15) is 42.8 Å². The van der Waals surface area contributed by atoms with Gasteiger partial charge in [-0.15, -0.1) is 0 Å². The van der Waals surface area contributed by atoms with Crippen LogP contribution in [-0.4, -0.2) is 9.78 Å². The molecule has 1 heterocycles. The third kappa shape index (κ3) is 3.02. The number of aryl methyl sites for hydroxylation is 1. The van der Waals surface area contributed by atoms with Gasteiger partial charge in [-0.1, -0.05) is 17.7 Å². The highest BCUT2D eigenvalue weighted by Gasteiger charge is 2.20. The molecular weight excluding hydrogens is 326 g/mol. The van der Waals surface area contributed by atoms with Crippen LogP contribution in [-0.2, 0) is 0 Å². The van der Waals surface area contributed by atoms with Gasteiger partial charge in [0, 0.05) is 11.1 Å². The quantitative estimate of drug-likeness (QED) is 0.907. The lowest BCUT2D eigenvalue weighted by molar-refractivity contribution is 0.498. The highest BCUT2D eigenvalue weighted by molar-refractivity contribution is 9.10. The molecule has 0 saturated heterocycles. The zero-order chi connectivity index (χ0) is 14.2. The van der Waals surface area contributed by atoms with Gasteiger partial charge in [-0.05, 0) is 60.0 Å². The summed E-state index contributed by atoms with van der Waals surface area (Å²) in [6, 6.07) is 5.89. The summed E-state index contributed by atoms with van der Waals surface area (Å²) in [6.07, 6.45) is 1.78. The molecular formula is C14H17BrClN3. The number of aromatic nitrogens is 2. The van der Waals surface area contributed by atoms with Crippen LogP contribution in [0.4, 0.5) is 0 Å². The number of hydrogen-bond acceptors (Lipinski definition) is 2. The molecule has 2 aromatic rings. The van der Waals surface area contributed by atoms with Crippen LogP contribution in [0.25, 0.3) is 0 Å². The zero-order valence-electron chi connectivity index (χ0n) is 11.2. The molecule has 1 unspecified atom stereocenters. The van der Waals surface area contributed by atoms with E-state index < -0.39 is 0 Å². The minimum Gasteiger partial charge on any atom is -0.319 e. The summed E-state index contributed by atoms with van der Waals surface area (Å²) in [5.41, 5.74) is 9.45. The van der Waals surface area contributed by atoms with Crippen LogP contribution in [0.3, 0.4) is 0 Å². The van der Waals surface area contributed by atoms with Gasteiger partial charge < -0.3 is 5.73 Å². The third-order valence-electron chi connectivity index (χ3n) is 2.99. The summed E-state index contributed by atoms with van der Waals surface area (Å²) in [4.78, 5) is 0. The Bertz CT molecular complexity index is 572. The highest BCUT2D eigenvalue weighted by Crippen LogP contribution is 2.30. The number of nitrogens with zero attached hydrogens (tertiary/aromatic N) is 2. The van der Waals surface area contributed by atoms with Crippen molar-refractivity contribution in [2.24, 2.45) is 5.73 Å². The minimum atomic E-state index is -0.253. The third-order valence-corrected chi connectivity index (χ3v) is 3.82. The smallest absolute Gasteiger partial charge is 0.0742 e. The molecule has 1 atom stereocenters. The van der Waals surface area contributed by atoms with Gasteiger partial charge in [0.25, 0.3) is 0 Å². The van der Waals surface area contributed by atoms with E-state index in [9.17, 15) is 0 Å². The maximum absolute atomic E-state index is 6.39. The van der Waals surface area contributed by atoms with Crippen molar-refractivity contribution >= 4 is 27.5 Å². The molecule has 0 aliphatic heterocycles. The van der Waals surface area contributed by atoms with Gasteiger partial charge in [0.05, 0.1) is 22.4 Å². The van der Waals surface area contributed by atoms with Crippen LogP contribution in [0.2, 0.25) is 5.02 Å². The molecule has 0 spiro atoms. The predicted molar refractivity (Wildman–Crippen MR) is 82.5 cm³/mol. The molecule has 0 radical (unpaired) electrons. The molecule has 0 fully saturated rings. The molecule has 0 aliphatic rings. The van der Waals surface area contributed by atoms with Gasteiger partial charge in [0.15, 0.2) is 0 Å². The molecule has 2 N–H and O–H groups in total. The first-order chi connectivity index (χ1) is 8.90. The van der Waals surface area contributed by atoms with Gasteiger partial charge in [-0.25, -0.2) is 0 Å². The molecule has 2 rings (SSSR count). The average Bonchev–Trinajstić information content (AvgIpc) is 2.69. The monoisotopic (exact) mass is 341 g/mol. The lowest BCUT2D eigenvalue weighted by Crippen LogP contribution is -2.19. The Morgan fingerprint density at radius 1 is 1.32 bits per heavy atom. The van der Waals surface area contributed by atoms with E-state index in [1.54, 1.807) is 6.20 Å². The molecule has 19 heavy (non-hydrogen) atoms. The molecule has 1 aromatic carbocycles. The van der Waals surface area contributed by atoms with Gasteiger partial charge in [0.2, 0.25) is 0 Å². The van der Waals surface area contributed by atoms with Crippen molar-refractivity contribution in [1.82, 2.24) is 9.78 Å². The molecule has 0 bridgehead atoms. The lowest BCUT2D eigenvalue weighted by Gasteiger charge is -2.18. The molecule has 0 aliphatic carbocycles. The van der Waals surface area contributed by atoms with Crippen LogP contribution >= 0.6 is 27.5 Å². The number of rotatable bonds is 3. The van der Waals surface area contributed by atoms with Crippen molar-refractivity contribution in [3.05, 3.63) is 50.7 Å². The number of benzene rings is 1. The van der Waals surface area contributed by atoms with Gasteiger partial charge >= 0.3 is 0 Å².